The Labute approximate surface area is 162 Å². The molecule has 1 aromatic carbocycles. The first-order valence-corrected chi connectivity index (χ1v) is 11.0. The van der Waals surface area contributed by atoms with Gasteiger partial charge in [-0.05, 0) is 50.3 Å². The highest BCUT2D eigenvalue weighted by atomic mass is 32.2. The first-order chi connectivity index (χ1) is 13.2. The topological polar surface area (TPSA) is 83.1 Å². The number of aromatic amines is 1. The summed E-state index contributed by atoms with van der Waals surface area (Å²) >= 11 is 0. The van der Waals surface area contributed by atoms with Crippen molar-refractivity contribution < 1.29 is 22.0 Å². The zero-order valence-electron chi connectivity index (χ0n) is 15.6. The van der Waals surface area contributed by atoms with Crippen LogP contribution in [0.2, 0.25) is 0 Å². The second-order valence-corrected chi connectivity index (χ2v) is 9.54. The van der Waals surface area contributed by atoms with E-state index in [-0.39, 0.29) is 41.8 Å². The van der Waals surface area contributed by atoms with Crippen molar-refractivity contribution in [3.8, 4) is 0 Å². The van der Waals surface area contributed by atoms with Gasteiger partial charge >= 0.3 is 0 Å². The number of nitrogens with zero attached hydrogens (tertiary/aromatic N) is 2. The van der Waals surface area contributed by atoms with Gasteiger partial charge in [0.1, 0.15) is 27.2 Å². The molecule has 1 amide bonds. The average Bonchev–Trinajstić information content (AvgIpc) is 3.08. The molecule has 1 aliphatic heterocycles. The van der Waals surface area contributed by atoms with Gasteiger partial charge in [0.15, 0.2) is 0 Å². The number of rotatable bonds is 6. The van der Waals surface area contributed by atoms with Crippen molar-refractivity contribution in [2.75, 3.05) is 18.1 Å². The lowest BCUT2D eigenvalue weighted by Gasteiger charge is -2.27. The van der Waals surface area contributed by atoms with Crippen LogP contribution in [0, 0.1) is 24.5 Å². The van der Waals surface area contributed by atoms with E-state index in [9.17, 15) is 22.0 Å². The molecule has 2 heterocycles. The Morgan fingerprint density at radius 2 is 1.89 bits per heavy atom. The number of aryl methyl sites for hydroxylation is 1. The van der Waals surface area contributed by atoms with Crippen LogP contribution in [0.1, 0.15) is 41.0 Å². The van der Waals surface area contributed by atoms with Crippen molar-refractivity contribution in [1.82, 2.24) is 15.1 Å². The molecule has 0 saturated carbocycles. The van der Waals surface area contributed by atoms with Gasteiger partial charge in [-0.25, -0.2) is 17.2 Å². The van der Waals surface area contributed by atoms with Crippen LogP contribution in [0.4, 0.5) is 8.78 Å². The zero-order valence-corrected chi connectivity index (χ0v) is 16.4. The van der Waals surface area contributed by atoms with E-state index < -0.39 is 27.4 Å². The van der Waals surface area contributed by atoms with Gasteiger partial charge in [0, 0.05) is 12.1 Å². The number of carbonyl (C=O) groups is 1. The van der Waals surface area contributed by atoms with Crippen molar-refractivity contribution in [3.05, 3.63) is 52.9 Å². The van der Waals surface area contributed by atoms with Gasteiger partial charge in [0.25, 0.3) is 5.91 Å². The van der Waals surface area contributed by atoms with Crippen molar-refractivity contribution in [1.29, 1.82) is 0 Å². The minimum atomic E-state index is -2.96. The zero-order chi connectivity index (χ0) is 20.3. The Hall–Kier alpha value is -2.29. The third-order valence-electron chi connectivity index (χ3n) is 5.12. The number of hydrogen-bond donors (Lipinski definition) is 1. The fourth-order valence-corrected chi connectivity index (χ4v) is 4.98. The van der Waals surface area contributed by atoms with Crippen LogP contribution in [0.25, 0.3) is 0 Å². The summed E-state index contributed by atoms with van der Waals surface area (Å²) in [5.41, 5.74) is 0.719. The summed E-state index contributed by atoms with van der Waals surface area (Å²) < 4.78 is 51.4. The van der Waals surface area contributed by atoms with E-state index in [1.54, 1.807) is 13.0 Å². The van der Waals surface area contributed by atoms with E-state index in [1.165, 1.54) is 11.0 Å². The van der Waals surface area contributed by atoms with E-state index in [4.69, 9.17) is 0 Å². The maximum absolute atomic E-state index is 14.1. The van der Waals surface area contributed by atoms with Gasteiger partial charge in [-0.2, -0.15) is 5.10 Å². The molecule has 3 rings (SSSR count). The maximum Gasteiger partial charge on any atom is 0.272 e. The number of amides is 1. The summed E-state index contributed by atoms with van der Waals surface area (Å²) in [7, 11) is -2.96. The number of aromatic nitrogens is 2. The Kier molecular flexibility index (Phi) is 6.12. The molecular weight excluding hydrogens is 388 g/mol. The van der Waals surface area contributed by atoms with Crippen molar-refractivity contribution in [2.24, 2.45) is 5.92 Å². The quantitative estimate of drug-likeness (QED) is 0.792. The molecule has 28 heavy (non-hydrogen) atoms. The monoisotopic (exact) mass is 411 g/mol. The molecule has 9 heteroatoms. The third-order valence-corrected chi connectivity index (χ3v) is 6.83. The van der Waals surface area contributed by atoms with Gasteiger partial charge in [-0.15, -0.1) is 0 Å². The molecule has 6 nitrogen and oxygen atoms in total. The molecule has 152 valence electrons. The van der Waals surface area contributed by atoms with E-state index in [0.29, 0.717) is 25.0 Å². The van der Waals surface area contributed by atoms with Crippen LogP contribution >= 0.6 is 0 Å². The number of nitrogens with one attached hydrogen (secondary N) is 1. The summed E-state index contributed by atoms with van der Waals surface area (Å²) in [5.74, 6) is -1.36. The number of sulfone groups is 1. The molecule has 1 fully saturated rings. The SMILES string of the molecule is Cc1cc(C(=O)N(CCC2CCS(=O)(=O)CC2)Cc2c(F)cccc2F)[nH]n1. The van der Waals surface area contributed by atoms with Crippen LogP contribution in [-0.2, 0) is 16.4 Å². The molecule has 0 bridgehead atoms. The number of benzene rings is 1. The first kappa shape index (κ1) is 20.4. The van der Waals surface area contributed by atoms with E-state index in [1.807, 2.05) is 0 Å². The van der Waals surface area contributed by atoms with Crippen molar-refractivity contribution in [2.45, 2.75) is 32.7 Å². The number of halogens is 2. The minimum absolute atomic E-state index is 0.146. The summed E-state index contributed by atoms with van der Waals surface area (Å²) in [6, 6.07) is 5.18. The molecule has 1 aliphatic rings. The summed E-state index contributed by atoms with van der Waals surface area (Å²) in [6.07, 6.45) is 1.66. The van der Waals surface area contributed by atoms with Crippen LogP contribution < -0.4 is 0 Å². The molecule has 2 aromatic rings. The summed E-state index contributed by atoms with van der Waals surface area (Å²) in [5, 5.41) is 6.58. The van der Waals surface area contributed by atoms with E-state index >= 15 is 0 Å². The van der Waals surface area contributed by atoms with Crippen molar-refractivity contribution >= 4 is 15.7 Å². The molecular formula is C19H23F2N3O3S. The smallest absolute Gasteiger partial charge is 0.272 e. The van der Waals surface area contributed by atoms with Gasteiger partial charge in [0.2, 0.25) is 0 Å². The lowest BCUT2D eigenvalue weighted by molar-refractivity contribution is 0.0722. The molecule has 0 atom stereocenters. The van der Waals surface area contributed by atoms with Crippen LogP contribution in [0.15, 0.2) is 24.3 Å². The Morgan fingerprint density at radius 3 is 2.46 bits per heavy atom. The predicted molar refractivity (Wildman–Crippen MR) is 100 cm³/mol. The van der Waals surface area contributed by atoms with E-state index in [2.05, 4.69) is 10.2 Å². The Bertz CT molecular complexity index is 925. The molecule has 0 spiro atoms. The highest BCUT2D eigenvalue weighted by Gasteiger charge is 2.26. The standard InChI is InChI=1S/C19H23F2N3O3S/c1-13-11-18(23-22-13)19(25)24(12-15-16(20)3-2-4-17(15)21)8-5-14-6-9-28(26,27)10-7-14/h2-4,11,14H,5-10,12H2,1H3,(H,22,23). The Morgan fingerprint density at radius 1 is 1.25 bits per heavy atom. The molecule has 1 aromatic heterocycles. The fraction of sp³-hybridized carbons (Fsp3) is 0.474. The van der Waals surface area contributed by atoms with Gasteiger partial charge in [-0.3, -0.25) is 9.89 Å². The van der Waals surface area contributed by atoms with Crippen LogP contribution in [0.5, 0.6) is 0 Å². The normalized spacial score (nSPS) is 16.8. The van der Waals surface area contributed by atoms with E-state index in [0.717, 1.165) is 12.1 Å². The lowest BCUT2D eigenvalue weighted by atomic mass is 9.98. The average molecular weight is 411 g/mol. The van der Waals surface area contributed by atoms with Gasteiger partial charge in [0.05, 0.1) is 23.7 Å². The van der Waals surface area contributed by atoms with Gasteiger partial charge in [-0.1, -0.05) is 6.07 Å². The second-order valence-electron chi connectivity index (χ2n) is 7.23. The number of carbonyl (C=O) groups excluding carboxylic acids is 1. The molecule has 1 N–H and O–H groups in total. The Balaban J connectivity index is 1.75. The minimum Gasteiger partial charge on any atom is -0.333 e. The number of H-pyrrole nitrogens is 1. The molecule has 1 saturated heterocycles. The van der Waals surface area contributed by atoms with Crippen LogP contribution in [0.3, 0.4) is 0 Å². The molecule has 0 unspecified atom stereocenters. The second kappa shape index (κ2) is 8.38. The molecule has 0 aliphatic carbocycles. The first-order valence-electron chi connectivity index (χ1n) is 9.20. The van der Waals surface area contributed by atoms with Gasteiger partial charge < -0.3 is 4.90 Å². The lowest BCUT2D eigenvalue weighted by Crippen LogP contribution is -2.34. The fourth-order valence-electron chi connectivity index (χ4n) is 3.39. The van der Waals surface area contributed by atoms with Crippen molar-refractivity contribution in [3.63, 3.8) is 0 Å². The predicted octanol–water partition coefficient (Wildman–Crippen LogP) is 2.85. The summed E-state index contributed by atoms with van der Waals surface area (Å²) in [4.78, 5) is 14.3. The number of hydrogen-bond acceptors (Lipinski definition) is 4. The largest absolute Gasteiger partial charge is 0.333 e. The highest BCUT2D eigenvalue weighted by Crippen LogP contribution is 2.24. The molecule has 0 radical (unpaired) electrons. The highest BCUT2D eigenvalue weighted by molar-refractivity contribution is 7.91. The third kappa shape index (κ3) is 4.95. The van der Waals surface area contributed by atoms with Crippen LogP contribution in [-0.4, -0.2) is 47.5 Å². The maximum atomic E-state index is 14.1. The summed E-state index contributed by atoms with van der Waals surface area (Å²) in [6.45, 7) is 1.80.